The fraction of sp³-hybridized carbons (Fsp3) is 0.300. The molecule has 0 saturated carbocycles. The minimum atomic E-state index is -3.48. The summed E-state index contributed by atoms with van der Waals surface area (Å²) in [7, 11) is -3.48. The molecule has 0 unspecified atom stereocenters. The summed E-state index contributed by atoms with van der Waals surface area (Å²) in [5.74, 6) is 1.26. The Morgan fingerprint density at radius 2 is 1.75 bits per heavy atom. The van der Waals surface area contributed by atoms with Crippen molar-refractivity contribution in [2.45, 2.75) is 30.6 Å². The molecule has 0 atom stereocenters. The average Bonchev–Trinajstić information content (AvgIpc) is 3.19. The van der Waals surface area contributed by atoms with Crippen LogP contribution in [-0.4, -0.2) is 36.0 Å². The molecule has 6 nitrogen and oxygen atoms in total. The minimum Gasteiger partial charge on any atom is -0.334 e. The van der Waals surface area contributed by atoms with Crippen LogP contribution in [0.15, 0.2) is 62.4 Å². The molecule has 4 rings (SSSR count). The Kier molecular flexibility index (Phi) is 5.35. The average molecular weight is 462 g/mol. The van der Waals surface area contributed by atoms with Gasteiger partial charge in [0.1, 0.15) is 0 Å². The predicted octanol–water partition coefficient (Wildman–Crippen LogP) is 4.38. The zero-order valence-corrected chi connectivity index (χ0v) is 17.8. The van der Waals surface area contributed by atoms with Gasteiger partial charge in [-0.15, -0.1) is 0 Å². The molecule has 0 aliphatic carbocycles. The van der Waals surface area contributed by atoms with Crippen molar-refractivity contribution in [3.8, 4) is 11.5 Å². The highest BCUT2D eigenvalue weighted by Gasteiger charge is 2.31. The third-order valence-corrected chi connectivity index (χ3v) is 7.53. The van der Waals surface area contributed by atoms with Crippen molar-refractivity contribution in [3.05, 3.63) is 64.4 Å². The van der Waals surface area contributed by atoms with Crippen LogP contribution in [0.4, 0.5) is 0 Å². The number of hydrogen-bond acceptors (Lipinski definition) is 5. The molecule has 0 amide bonds. The Hall–Kier alpha value is -2.03. The first-order valence-electron chi connectivity index (χ1n) is 9.10. The van der Waals surface area contributed by atoms with Crippen molar-refractivity contribution in [1.29, 1.82) is 0 Å². The maximum atomic E-state index is 12.8. The van der Waals surface area contributed by atoms with Crippen LogP contribution in [0.2, 0.25) is 0 Å². The van der Waals surface area contributed by atoms with Crippen molar-refractivity contribution >= 4 is 26.0 Å². The van der Waals surface area contributed by atoms with E-state index in [1.54, 1.807) is 24.3 Å². The quantitative estimate of drug-likeness (QED) is 0.576. The molecule has 146 valence electrons. The van der Waals surface area contributed by atoms with Crippen molar-refractivity contribution in [3.63, 3.8) is 0 Å². The molecular weight excluding hydrogens is 442 g/mol. The van der Waals surface area contributed by atoms with Gasteiger partial charge >= 0.3 is 0 Å². The summed E-state index contributed by atoms with van der Waals surface area (Å²) in [6.07, 6.45) is 1.34. The molecule has 0 spiro atoms. The second-order valence-electron chi connectivity index (χ2n) is 6.90. The van der Waals surface area contributed by atoms with E-state index in [4.69, 9.17) is 4.52 Å². The normalized spacial score (nSPS) is 16.4. The van der Waals surface area contributed by atoms with E-state index >= 15 is 0 Å². The van der Waals surface area contributed by atoms with Gasteiger partial charge in [-0.25, -0.2) is 8.42 Å². The maximum absolute atomic E-state index is 12.8. The summed E-state index contributed by atoms with van der Waals surface area (Å²) in [5, 5.41) is 4.15. The molecule has 28 heavy (non-hydrogen) atoms. The van der Waals surface area contributed by atoms with Crippen LogP contribution in [0, 0.1) is 6.92 Å². The molecule has 0 bridgehead atoms. The van der Waals surface area contributed by atoms with E-state index in [1.807, 2.05) is 31.2 Å². The molecule has 2 heterocycles. The molecule has 0 radical (unpaired) electrons. The molecule has 2 aromatic carbocycles. The van der Waals surface area contributed by atoms with Gasteiger partial charge in [0.15, 0.2) is 5.82 Å². The summed E-state index contributed by atoms with van der Waals surface area (Å²) >= 11 is 3.33. The minimum absolute atomic E-state index is 0.0953. The zero-order valence-electron chi connectivity index (χ0n) is 15.4. The Morgan fingerprint density at radius 1 is 1.07 bits per heavy atom. The number of halogens is 1. The third-order valence-electron chi connectivity index (χ3n) is 5.09. The number of sulfonamides is 1. The van der Waals surface area contributed by atoms with Crippen LogP contribution in [0.1, 0.15) is 30.1 Å². The lowest BCUT2D eigenvalue weighted by Gasteiger charge is -2.29. The highest BCUT2D eigenvalue weighted by atomic mass is 79.9. The second-order valence-corrected chi connectivity index (χ2v) is 9.76. The van der Waals surface area contributed by atoms with E-state index in [-0.39, 0.29) is 5.92 Å². The Labute approximate surface area is 172 Å². The first-order valence-corrected chi connectivity index (χ1v) is 11.3. The summed E-state index contributed by atoms with van der Waals surface area (Å²) in [6.45, 7) is 2.89. The fourth-order valence-electron chi connectivity index (χ4n) is 3.43. The lowest BCUT2D eigenvalue weighted by Crippen LogP contribution is -2.38. The number of piperidine rings is 1. The van der Waals surface area contributed by atoms with Gasteiger partial charge in [0.2, 0.25) is 10.0 Å². The van der Waals surface area contributed by atoms with Gasteiger partial charge in [-0.1, -0.05) is 39.3 Å². The fourth-order valence-corrected chi connectivity index (χ4v) is 5.17. The molecule has 1 aliphatic rings. The molecule has 8 heteroatoms. The van der Waals surface area contributed by atoms with Crippen LogP contribution in [-0.2, 0) is 10.0 Å². The van der Waals surface area contributed by atoms with Gasteiger partial charge in [0.05, 0.1) is 4.90 Å². The molecule has 3 aromatic rings. The lowest BCUT2D eigenvalue weighted by atomic mass is 9.97. The Balaban J connectivity index is 1.46. The number of benzene rings is 2. The number of rotatable bonds is 4. The van der Waals surface area contributed by atoms with Gasteiger partial charge < -0.3 is 4.52 Å². The van der Waals surface area contributed by atoms with Gasteiger partial charge in [-0.2, -0.15) is 9.29 Å². The van der Waals surface area contributed by atoms with E-state index in [0.717, 1.165) is 15.6 Å². The largest absolute Gasteiger partial charge is 0.334 e. The number of nitrogens with zero attached hydrogens (tertiary/aromatic N) is 3. The van der Waals surface area contributed by atoms with Crippen molar-refractivity contribution in [2.75, 3.05) is 13.1 Å². The highest BCUT2D eigenvalue weighted by Crippen LogP contribution is 2.31. The van der Waals surface area contributed by atoms with Crippen LogP contribution in [0.3, 0.4) is 0 Å². The zero-order chi connectivity index (χ0) is 19.7. The molecule has 0 N–H and O–H groups in total. The predicted molar refractivity (Wildman–Crippen MR) is 109 cm³/mol. The number of aromatic nitrogens is 2. The van der Waals surface area contributed by atoms with Gasteiger partial charge in [0, 0.05) is 29.0 Å². The summed E-state index contributed by atoms with van der Waals surface area (Å²) in [4.78, 5) is 4.88. The van der Waals surface area contributed by atoms with Crippen molar-refractivity contribution in [2.24, 2.45) is 0 Å². The topological polar surface area (TPSA) is 76.3 Å². The first-order chi connectivity index (χ1) is 13.4. The monoisotopic (exact) mass is 461 g/mol. The third kappa shape index (κ3) is 3.76. The number of hydrogen-bond donors (Lipinski definition) is 0. The SMILES string of the molecule is Cc1ccccc1-c1nc(C2CCN(S(=O)(=O)c3ccc(Br)cc3)CC2)no1. The Bertz CT molecular complexity index is 1070. The van der Waals surface area contributed by atoms with Crippen LogP contribution < -0.4 is 0 Å². The summed E-state index contributed by atoms with van der Waals surface area (Å²) in [6, 6.07) is 14.6. The maximum Gasteiger partial charge on any atom is 0.258 e. The Morgan fingerprint density at radius 3 is 2.43 bits per heavy atom. The van der Waals surface area contributed by atoms with E-state index in [0.29, 0.717) is 42.5 Å². The van der Waals surface area contributed by atoms with E-state index in [9.17, 15) is 8.42 Å². The lowest BCUT2D eigenvalue weighted by molar-refractivity contribution is 0.307. The molecule has 1 fully saturated rings. The van der Waals surface area contributed by atoms with Gasteiger partial charge in [-0.05, 0) is 55.7 Å². The van der Waals surface area contributed by atoms with E-state index in [2.05, 4.69) is 26.1 Å². The van der Waals surface area contributed by atoms with Gasteiger partial charge in [-0.3, -0.25) is 0 Å². The molecular formula is C20H20BrN3O3S. The number of aryl methyl sites for hydroxylation is 1. The molecule has 1 aromatic heterocycles. The first kappa shape index (κ1) is 19.3. The molecule has 1 saturated heterocycles. The van der Waals surface area contributed by atoms with Crippen LogP contribution in [0.25, 0.3) is 11.5 Å². The van der Waals surface area contributed by atoms with Crippen LogP contribution >= 0.6 is 15.9 Å². The smallest absolute Gasteiger partial charge is 0.258 e. The molecule has 1 aliphatic heterocycles. The van der Waals surface area contributed by atoms with Crippen molar-refractivity contribution < 1.29 is 12.9 Å². The standard InChI is InChI=1S/C20H20BrN3O3S/c1-14-4-2-3-5-18(14)20-22-19(23-27-20)15-10-12-24(13-11-15)28(25,26)17-8-6-16(21)7-9-17/h2-9,15H,10-13H2,1H3. The summed E-state index contributed by atoms with van der Waals surface area (Å²) in [5.41, 5.74) is 2.00. The second kappa shape index (κ2) is 7.77. The highest BCUT2D eigenvalue weighted by molar-refractivity contribution is 9.10. The van der Waals surface area contributed by atoms with Crippen LogP contribution in [0.5, 0.6) is 0 Å². The van der Waals surface area contributed by atoms with E-state index < -0.39 is 10.0 Å². The van der Waals surface area contributed by atoms with Crippen molar-refractivity contribution in [1.82, 2.24) is 14.4 Å². The van der Waals surface area contributed by atoms with E-state index in [1.165, 1.54) is 4.31 Å². The van der Waals surface area contributed by atoms with Gasteiger partial charge in [0.25, 0.3) is 5.89 Å². The summed E-state index contributed by atoms with van der Waals surface area (Å²) < 4.78 is 33.5.